The van der Waals surface area contributed by atoms with E-state index < -0.39 is 0 Å². The SMILES string of the molecule is C/C=N\SCC(C)CC(C)C. The van der Waals surface area contributed by atoms with Gasteiger partial charge in [0.25, 0.3) is 0 Å². The highest BCUT2D eigenvalue weighted by Gasteiger charge is 2.03. The van der Waals surface area contributed by atoms with Gasteiger partial charge in [-0.1, -0.05) is 20.8 Å². The normalized spacial score (nSPS) is 14.6. The van der Waals surface area contributed by atoms with E-state index in [-0.39, 0.29) is 0 Å². The molecule has 0 aliphatic carbocycles. The summed E-state index contributed by atoms with van der Waals surface area (Å²) in [6.07, 6.45) is 3.17. The van der Waals surface area contributed by atoms with Crippen LogP contribution in [0.25, 0.3) is 0 Å². The lowest BCUT2D eigenvalue weighted by Crippen LogP contribution is -2.01. The average Bonchev–Trinajstić information content (AvgIpc) is 1.86. The fraction of sp³-hybridized carbons (Fsp3) is 0.889. The maximum Gasteiger partial charge on any atom is 0.0179 e. The minimum Gasteiger partial charge on any atom is -0.229 e. The highest BCUT2D eigenvalue weighted by atomic mass is 32.2. The molecule has 0 radical (unpaired) electrons. The van der Waals surface area contributed by atoms with Gasteiger partial charge in [-0.2, -0.15) is 0 Å². The zero-order chi connectivity index (χ0) is 8.69. The highest BCUT2D eigenvalue weighted by Crippen LogP contribution is 2.16. The summed E-state index contributed by atoms with van der Waals surface area (Å²) in [6, 6.07) is 0. The van der Waals surface area contributed by atoms with Gasteiger partial charge in [-0.3, -0.25) is 0 Å². The molecule has 1 atom stereocenters. The van der Waals surface area contributed by atoms with E-state index in [9.17, 15) is 0 Å². The molecule has 2 heteroatoms. The quantitative estimate of drug-likeness (QED) is 0.458. The molecule has 66 valence electrons. The predicted octanol–water partition coefficient (Wildman–Crippen LogP) is 3.41. The second-order valence-corrected chi connectivity index (χ2v) is 4.20. The van der Waals surface area contributed by atoms with Gasteiger partial charge in [0.05, 0.1) is 0 Å². The van der Waals surface area contributed by atoms with Crippen molar-refractivity contribution in [3.8, 4) is 0 Å². The summed E-state index contributed by atoms with van der Waals surface area (Å²) >= 11 is 1.67. The van der Waals surface area contributed by atoms with E-state index in [1.165, 1.54) is 6.42 Å². The first kappa shape index (κ1) is 11.0. The standard InChI is InChI=1S/C9H19NS/c1-5-10-11-7-9(4)6-8(2)3/h5,8-9H,6-7H2,1-4H3/b10-5-. The molecular formula is C9H19NS. The number of hydrogen-bond acceptors (Lipinski definition) is 2. The second kappa shape index (κ2) is 6.71. The first-order chi connectivity index (χ1) is 5.16. The van der Waals surface area contributed by atoms with Crippen molar-refractivity contribution >= 4 is 18.2 Å². The maximum atomic E-state index is 4.11. The van der Waals surface area contributed by atoms with Gasteiger partial charge in [0.15, 0.2) is 0 Å². The first-order valence-electron chi connectivity index (χ1n) is 4.26. The van der Waals surface area contributed by atoms with Crippen molar-refractivity contribution in [3.05, 3.63) is 0 Å². The molecule has 0 amide bonds. The third-order valence-electron chi connectivity index (χ3n) is 1.41. The molecule has 0 saturated carbocycles. The second-order valence-electron chi connectivity index (χ2n) is 3.39. The van der Waals surface area contributed by atoms with Gasteiger partial charge in [-0.05, 0) is 37.1 Å². The van der Waals surface area contributed by atoms with E-state index >= 15 is 0 Å². The molecule has 1 unspecified atom stereocenters. The van der Waals surface area contributed by atoms with Crippen molar-refractivity contribution in [2.45, 2.75) is 34.1 Å². The lowest BCUT2D eigenvalue weighted by atomic mass is 10.0. The van der Waals surface area contributed by atoms with Crippen LogP contribution in [0.4, 0.5) is 0 Å². The van der Waals surface area contributed by atoms with Crippen LogP contribution in [-0.4, -0.2) is 12.0 Å². The van der Waals surface area contributed by atoms with E-state index in [2.05, 4.69) is 25.2 Å². The summed E-state index contributed by atoms with van der Waals surface area (Å²) in [6.45, 7) is 8.78. The van der Waals surface area contributed by atoms with Crippen molar-refractivity contribution < 1.29 is 0 Å². The van der Waals surface area contributed by atoms with Crippen LogP contribution in [0.1, 0.15) is 34.1 Å². The third-order valence-corrected chi connectivity index (χ3v) is 2.49. The molecule has 0 aromatic rings. The summed E-state index contributed by atoms with van der Waals surface area (Å²) < 4.78 is 4.11. The molecule has 0 fully saturated rings. The van der Waals surface area contributed by atoms with Gasteiger partial charge in [0, 0.05) is 12.0 Å². The molecule has 0 aliphatic rings. The van der Waals surface area contributed by atoms with Crippen molar-refractivity contribution in [2.75, 3.05) is 5.75 Å². The molecular weight excluding hydrogens is 154 g/mol. The van der Waals surface area contributed by atoms with Crippen LogP contribution >= 0.6 is 11.9 Å². The van der Waals surface area contributed by atoms with Crippen LogP contribution in [0.3, 0.4) is 0 Å². The van der Waals surface area contributed by atoms with E-state index in [1.54, 1.807) is 11.9 Å². The molecule has 0 heterocycles. The number of hydrogen-bond donors (Lipinski definition) is 0. The fourth-order valence-electron chi connectivity index (χ4n) is 1.12. The van der Waals surface area contributed by atoms with Crippen LogP contribution in [0, 0.1) is 11.8 Å². The fourth-order valence-corrected chi connectivity index (χ4v) is 1.74. The molecule has 1 nitrogen and oxygen atoms in total. The molecule has 0 saturated heterocycles. The lowest BCUT2D eigenvalue weighted by Gasteiger charge is -2.10. The van der Waals surface area contributed by atoms with Crippen molar-refractivity contribution in [1.82, 2.24) is 0 Å². The first-order valence-corrected chi connectivity index (χ1v) is 5.21. The smallest absolute Gasteiger partial charge is 0.0179 e. The van der Waals surface area contributed by atoms with Crippen molar-refractivity contribution in [2.24, 2.45) is 16.2 Å². The van der Waals surface area contributed by atoms with Crippen LogP contribution in [0.5, 0.6) is 0 Å². The van der Waals surface area contributed by atoms with Gasteiger partial charge in [-0.25, -0.2) is 4.40 Å². The number of nitrogens with zero attached hydrogens (tertiary/aromatic N) is 1. The zero-order valence-electron chi connectivity index (χ0n) is 8.00. The minimum atomic E-state index is 0.795. The van der Waals surface area contributed by atoms with Gasteiger partial charge in [0.2, 0.25) is 0 Å². The van der Waals surface area contributed by atoms with Gasteiger partial charge in [0.1, 0.15) is 0 Å². The van der Waals surface area contributed by atoms with Gasteiger partial charge < -0.3 is 0 Å². The third kappa shape index (κ3) is 7.92. The molecule has 11 heavy (non-hydrogen) atoms. The highest BCUT2D eigenvalue weighted by molar-refractivity contribution is 7.98. The Kier molecular flexibility index (Phi) is 6.73. The topological polar surface area (TPSA) is 12.4 Å². The Morgan fingerprint density at radius 3 is 2.45 bits per heavy atom. The number of rotatable bonds is 5. The predicted molar refractivity (Wildman–Crippen MR) is 55.2 cm³/mol. The Bertz CT molecular complexity index is 110. The van der Waals surface area contributed by atoms with E-state index in [0.29, 0.717) is 0 Å². The minimum absolute atomic E-state index is 0.795. The molecule has 0 N–H and O–H groups in total. The Morgan fingerprint density at radius 1 is 1.36 bits per heavy atom. The van der Waals surface area contributed by atoms with E-state index in [4.69, 9.17) is 0 Å². The van der Waals surface area contributed by atoms with Crippen molar-refractivity contribution in [3.63, 3.8) is 0 Å². The van der Waals surface area contributed by atoms with Gasteiger partial charge >= 0.3 is 0 Å². The summed E-state index contributed by atoms with van der Waals surface area (Å²) in [5.74, 6) is 2.77. The largest absolute Gasteiger partial charge is 0.229 e. The lowest BCUT2D eigenvalue weighted by molar-refractivity contribution is 0.475. The molecule has 0 aromatic carbocycles. The Balaban J connectivity index is 3.29. The summed E-state index contributed by atoms with van der Waals surface area (Å²) in [5, 5.41) is 0. The molecule has 0 rings (SSSR count). The average molecular weight is 173 g/mol. The van der Waals surface area contributed by atoms with Crippen LogP contribution in [0.15, 0.2) is 4.40 Å². The molecule has 0 spiro atoms. The van der Waals surface area contributed by atoms with Crippen LogP contribution in [0.2, 0.25) is 0 Å². The maximum absolute atomic E-state index is 4.11. The summed E-state index contributed by atoms with van der Waals surface area (Å²) in [4.78, 5) is 0. The van der Waals surface area contributed by atoms with Crippen LogP contribution < -0.4 is 0 Å². The summed E-state index contributed by atoms with van der Waals surface area (Å²) in [7, 11) is 0. The van der Waals surface area contributed by atoms with E-state index in [1.807, 2.05) is 13.1 Å². The summed E-state index contributed by atoms with van der Waals surface area (Å²) in [5.41, 5.74) is 0. The Labute approximate surface area is 74.8 Å². The molecule has 0 aromatic heterocycles. The Hall–Kier alpha value is 0.0200. The van der Waals surface area contributed by atoms with Crippen LogP contribution in [-0.2, 0) is 0 Å². The van der Waals surface area contributed by atoms with Gasteiger partial charge in [-0.15, -0.1) is 0 Å². The van der Waals surface area contributed by atoms with Crippen molar-refractivity contribution in [1.29, 1.82) is 0 Å². The molecule has 0 bridgehead atoms. The Morgan fingerprint density at radius 2 is 2.00 bits per heavy atom. The zero-order valence-corrected chi connectivity index (χ0v) is 8.82. The van der Waals surface area contributed by atoms with E-state index in [0.717, 1.165) is 17.6 Å². The molecule has 0 aliphatic heterocycles. The monoisotopic (exact) mass is 173 g/mol.